The quantitative estimate of drug-likeness (QED) is 0.326. The fourth-order valence-corrected chi connectivity index (χ4v) is 1.01. The molecule has 0 N–H and O–H groups in total. The topological polar surface area (TPSA) is 35.5 Å². The number of rotatable bonds is 5. The molecule has 0 amide bonds. The van der Waals surface area contributed by atoms with Crippen LogP contribution in [0.4, 0.5) is 0 Å². The molecule has 0 aliphatic rings. The SMILES string of the molecule is C#Cc1ccc(OCCOC(=O)C=C)cc1. The summed E-state index contributed by atoms with van der Waals surface area (Å²) in [5.41, 5.74) is 0.797. The maximum absolute atomic E-state index is 10.7. The molecular weight excluding hydrogens is 204 g/mol. The van der Waals surface area contributed by atoms with E-state index in [9.17, 15) is 4.79 Å². The lowest BCUT2D eigenvalue weighted by molar-refractivity contribution is -0.138. The molecule has 0 bridgehead atoms. The van der Waals surface area contributed by atoms with Crippen molar-refractivity contribution in [2.45, 2.75) is 0 Å². The zero-order valence-electron chi connectivity index (χ0n) is 8.81. The summed E-state index contributed by atoms with van der Waals surface area (Å²) in [4.78, 5) is 10.7. The van der Waals surface area contributed by atoms with Gasteiger partial charge in [0.2, 0.25) is 0 Å². The maximum atomic E-state index is 10.7. The highest BCUT2D eigenvalue weighted by atomic mass is 16.6. The van der Waals surface area contributed by atoms with Gasteiger partial charge in [0.15, 0.2) is 0 Å². The van der Waals surface area contributed by atoms with E-state index in [4.69, 9.17) is 15.9 Å². The van der Waals surface area contributed by atoms with Gasteiger partial charge in [0, 0.05) is 11.6 Å². The number of hydrogen-bond donors (Lipinski definition) is 0. The van der Waals surface area contributed by atoms with Crippen molar-refractivity contribution in [2.75, 3.05) is 13.2 Å². The highest BCUT2D eigenvalue weighted by Gasteiger charge is 1.96. The van der Waals surface area contributed by atoms with Crippen molar-refractivity contribution in [1.29, 1.82) is 0 Å². The molecular formula is C13H12O3. The fraction of sp³-hybridized carbons (Fsp3) is 0.154. The van der Waals surface area contributed by atoms with Crippen LogP contribution in [-0.4, -0.2) is 19.2 Å². The molecule has 0 aliphatic carbocycles. The molecule has 0 heterocycles. The standard InChI is InChI=1S/C13H12O3/c1-3-11-5-7-12(8-6-11)15-9-10-16-13(14)4-2/h1,4-8H,2,9-10H2. The molecule has 0 fully saturated rings. The molecule has 3 heteroatoms. The minimum absolute atomic E-state index is 0.196. The first-order valence-electron chi connectivity index (χ1n) is 4.75. The predicted molar refractivity (Wildman–Crippen MR) is 61.0 cm³/mol. The van der Waals surface area contributed by atoms with Gasteiger partial charge in [-0.05, 0) is 24.3 Å². The molecule has 1 aromatic rings. The van der Waals surface area contributed by atoms with Gasteiger partial charge in [-0.3, -0.25) is 0 Å². The molecule has 0 atom stereocenters. The van der Waals surface area contributed by atoms with Crippen LogP contribution in [0.5, 0.6) is 5.75 Å². The number of benzene rings is 1. The van der Waals surface area contributed by atoms with Crippen molar-refractivity contribution in [3.8, 4) is 18.1 Å². The van der Waals surface area contributed by atoms with E-state index in [1.807, 2.05) is 0 Å². The van der Waals surface area contributed by atoms with Crippen molar-refractivity contribution < 1.29 is 14.3 Å². The van der Waals surface area contributed by atoms with Gasteiger partial charge in [0.1, 0.15) is 19.0 Å². The summed E-state index contributed by atoms with van der Waals surface area (Å²) in [6, 6.07) is 7.10. The van der Waals surface area contributed by atoms with E-state index in [-0.39, 0.29) is 6.61 Å². The Morgan fingerprint density at radius 3 is 2.62 bits per heavy atom. The maximum Gasteiger partial charge on any atom is 0.330 e. The summed E-state index contributed by atoms with van der Waals surface area (Å²) < 4.78 is 10.1. The second kappa shape index (κ2) is 6.31. The van der Waals surface area contributed by atoms with E-state index in [0.29, 0.717) is 12.4 Å². The Morgan fingerprint density at radius 1 is 1.38 bits per heavy atom. The van der Waals surface area contributed by atoms with Crippen LogP contribution < -0.4 is 4.74 Å². The lowest BCUT2D eigenvalue weighted by Crippen LogP contribution is -2.10. The first-order chi connectivity index (χ1) is 7.76. The molecule has 3 nitrogen and oxygen atoms in total. The molecule has 82 valence electrons. The lowest BCUT2D eigenvalue weighted by atomic mass is 10.2. The average molecular weight is 216 g/mol. The van der Waals surface area contributed by atoms with E-state index in [1.165, 1.54) is 0 Å². The van der Waals surface area contributed by atoms with Crippen LogP contribution in [0.3, 0.4) is 0 Å². The van der Waals surface area contributed by atoms with Crippen LogP contribution in [0.1, 0.15) is 5.56 Å². The van der Waals surface area contributed by atoms with Crippen LogP contribution >= 0.6 is 0 Å². The van der Waals surface area contributed by atoms with Gasteiger partial charge in [-0.15, -0.1) is 6.42 Å². The fourth-order valence-electron chi connectivity index (χ4n) is 1.01. The lowest BCUT2D eigenvalue weighted by Gasteiger charge is -2.05. The van der Waals surface area contributed by atoms with Crippen LogP contribution in [-0.2, 0) is 9.53 Å². The third-order valence-corrected chi connectivity index (χ3v) is 1.78. The zero-order chi connectivity index (χ0) is 11.8. The van der Waals surface area contributed by atoms with Gasteiger partial charge >= 0.3 is 5.97 Å². The number of esters is 1. The second-order valence-corrected chi connectivity index (χ2v) is 2.89. The van der Waals surface area contributed by atoms with Crippen LogP contribution in [0, 0.1) is 12.3 Å². The van der Waals surface area contributed by atoms with Crippen molar-refractivity contribution in [3.63, 3.8) is 0 Å². The molecule has 0 unspecified atom stereocenters. The van der Waals surface area contributed by atoms with Gasteiger partial charge in [-0.25, -0.2) is 4.79 Å². The molecule has 0 saturated carbocycles. The zero-order valence-corrected chi connectivity index (χ0v) is 8.81. The molecule has 0 aliphatic heterocycles. The number of hydrogen-bond acceptors (Lipinski definition) is 3. The second-order valence-electron chi connectivity index (χ2n) is 2.89. The van der Waals surface area contributed by atoms with E-state index >= 15 is 0 Å². The highest BCUT2D eigenvalue weighted by molar-refractivity contribution is 5.81. The van der Waals surface area contributed by atoms with Gasteiger partial charge in [0.05, 0.1) is 0 Å². The molecule has 1 rings (SSSR count). The summed E-state index contributed by atoms with van der Waals surface area (Å²) >= 11 is 0. The largest absolute Gasteiger partial charge is 0.490 e. The Hall–Kier alpha value is -2.21. The normalized spacial score (nSPS) is 8.94. The van der Waals surface area contributed by atoms with E-state index in [2.05, 4.69) is 12.5 Å². The molecule has 0 saturated heterocycles. The summed E-state index contributed by atoms with van der Waals surface area (Å²) in [6.07, 6.45) is 6.33. The van der Waals surface area contributed by atoms with E-state index in [0.717, 1.165) is 11.6 Å². The van der Waals surface area contributed by atoms with E-state index in [1.54, 1.807) is 24.3 Å². The summed E-state index contributed by atoms with van der Waals surface area (Å²) in [5, 5.41) is 0. The number of carbonyl (C=O) groups excluding carboxylic acids is 1. The first kappa shape index (κ1) is 11.9. The summed E-state index contributed by atoms with van der Waals surface area (Å²) in [7, 11) is 0. The Bertz CT molecular complexity index is 398. The highest BCUT2D eigenvalue weighted by Crippen LogP contribution is 2.11. The van der Waals surface area contributed by atoms with Crippen molar-refractivity contribution in [2.24, 2.45) is 0 Å². The monoisotopic (exact) mass is 216 g/mol. The predicted octanol–water partition coefficient (Wildman–Crippen LogP) is 1.78. The molecule has 1 aromatic carbocycles. The van der Waals surface area contributed by atoms with Gasteiger partial charge in [0.25, 0.3) is 0 Å². The third-order valence-electron chi connectivity index (χ3n) is 1.78. The van der Waals surface area contributed by atoms with Crippen LogP contribution in [0.2, 0.25) is 0 Å². The first-order valence-corrected chi connectivity index (χ1v) is 4.75. The molecule has 16 heavy (non-hydrogen) atoms. The summed E-state index contributed by atoms with van der Waals surface area (Å²) in [6.45, 7) is 3.78. The number of ether oxygens (including phenoxy) is 2. The number of carbonyl (C=O) groups is 1. The number of terminal acetylenes is 1. The van der Waals surface area contributed by atoms with Gasteiger partial charge in [-0.1, -0.05) is 12.5 Å². The third kappa shape index (κ3) is 3.89. The van der Waals surface area contributed by atoms with Crippen molar-refractivity contribution in [1.82, 2.24) is 0 Å². The Morgan fingerprint density at radius 2 is 2.06 bits per heavy atom. The van der Waals surface area contributed by atoms with Gasteiger partial charge < -0.3 is 9.47 Å². The van der Waals surface area contributed by atoms with Crippen LogP contribution in [0.15, 0.2) is 36.9 Å². The smallest absolute Gasteiger partial charge is 0.330 e. The summed E-state index contributed by atoms with van der Waals surface area (Å²) in [5.74, 6) is 2.74. The Kier molecular flexibility index (Phi) is 4.68. The average Bonchev–Trinajstić information content (AvgIpc) is 2.35. The molecule has 0 radical (unpaired) electrons. The molecule has 0 aromatic heterocycles. The van der Waals surface area contributed by atoms with Crippen molar-refractivity contribution in [3.05, 3.63) is 42.5 Å². The Labute approximate surface area is 94.7 Å². The Balaban J connectivity index is 2.30. The minimum atomic E-state index is -0.453. The minimum Gasteiger partial charge on any atom is -0.490 e. The van der Waals surface area contributed by atoms with Crippen molar-refractivity contribution >= 4 is 5.97 Å². The molecule has 0 spiro atoms. The van der Waals surface area contributed by atoms with Gasteiger partial charge in [-0.2, -0.15) is 0 Å². The van der Waals surface area contributed by atoms with E-state index < -0.39 is 5.97 Å². The van der Waals surface area contributed by atoms with Crippen LogP contribution in [0.25, 0.3) is 0 Å².